The fraction of sp³-hybridized carbons (Fsp3) is 0.588. The van der Waals surface area contributed by atoms with Crippen molar-refractivity contribution in [3.05, 3.63) is 29.8 Å². The lowest BCUT2D eigenvalue weighted by Crippen LogP contribution is -2.46. The molecule has 21 heavy (non-hydrogen) atoms. The number of rotatable bonds is 5. The number of hydrogen-bond acceptors (Lipinski definition) is 3. The van der Waals surface area contributed by atoms with E-state index in [4.69, 9.17) is 4.74 Å². The molecule has 1 heterocycles. The smallest absolute Gasteiger partial charge is 0.305 e. The van der Waals surface area contributed by atoms with E-state index >= 15 is 0 Å². The Bertz CT molecular complexity index is 481. The van der Waals surface area contributed by atoms with Gasteiger partial charge in [-0.25, -0.2) is 0 Å². The first-order chi connectivity index (χ1) is 10.1. The molecular formula is C17H25NO3. The van der Waals surface area contributed by atoms with Crippen molar-refractivity contribution in [3.8, 4) is 5.75 Å². The summed E-state index contributed by atoms with van der Waals surface area (Å²) >= 11 is 0. The molecule has 1 aliphatic heterocycles. The molecule has 0 radical (unpaired) electrons. The van der Waals surface area contributed by atoms with E-state index in [9.17, 15) is 9.90 Å². The highest BCUT2D eigenvalue weighted by Gasteiger charge is 2.38. The van der Waals surface area contributed by atoms with E-state index in [-0.39, 0.29) is 6.42 Å². The first-order valence-corrected chi connectivity index (χ1v) is 7.68. The topological polar surface area (TPSA) is 49.8 Å². The molecule has 2 rings (SSSR count). The van der Waals surface area contributed by atoms with Crippen molar-refractivity contribution in [1.82, 2.24) is 4.90 Å². The summed E-state index contributed by atoms with van der Waals surface area (Å²) in [5.41, 5.74) is 0.444. The molecule has 0 amide bonds. The summed E-state index contributed by atoms with van der Waals surface area (Å²) < 4.78 is 5.48. The third-order valence-electron chi connectivity index (χ3n) is 4.49. The van der Waals surface area contributed by atoms with Gasteiger partial charge in [-0.3, -0.25) is 9.69 Å². The number of aliphatic carboxylic acids is 1. The van der Waals surface area contributed by atoms with Crippen LogP contribution >= 0.6 is 0 Å². The van der Waals surface area contributed by atoms with Crippen molar-refractivity contribution in [2.45, 2.75) is 44.6 Å². The van der Waals surface area contributed by atoms with Gasteiger partial charge >= 0.3 is 5.97 Å². The van der Waals surface area contributed by atoms with Gasteiger partial charge in [0.2, 0.25) is 0 Å². The fourth-order valence-corrected chi connectivity index (χ4v) is 3.33. The second kappa shape index (κ2) is 6.94. The number of carboxylic acids is 1. The van der Waals surface area contributed by atoms with E-state index in [1.54, 1.807) is 7.11 Å². The molecule has 0 aliphatic carbocycles. The first kappa shape index (κ1) is 15.8. The SMILES string of the molecule is COc1ccccc1C(C)(CC(=O)O)N1CCCCCC1. The molecular weight excluding hydrogens is 266 g/mol. The molecule has 1 N–H and O–H groups in total. The van der Waals surface area contributed by atoms with Gasteiger partial charge in [-0.15, -0.1) is 0 Å². The normalized spacial score (nSPS) is 19.5. The molecule has 4 heteroatoms. The predicted molar refractivity (Wildman–Crippen MR) is 82.6 cm³/mol. The van der Waals surface area contributed by atoms with Crippen LogP contribution in [0.5, 0.6) is 5.75 Å². The van der Waals surface area contributed by atoms with Crippen LogP contribution in [0.3, 0.4) is 0 Å². The van der Waals surface area contributed by atoms with E-state index in [1.165, 1.54) is 12.8 Å². The van der Waals surface area contributed by atoms with Crippen molar-refractivity contribution in [3.63, 3.8) is 0 Å². The molecule has 0 saturated carbocycles. The number of hydrogen-bond donors (Lipinski definition) is 1. The maximum atomic E-state index is 11.4. The van der Waals surface area contributed by atoms with Crippen LogP contribution in [0.25, 0.3) is 0 Å². The van der Waals surface area contributed by atoms with Crippen molar-refractivity contribution < 1.29 is 14.6 Å². The van der Waals surface area contributed by atoms with Crippen LogP contribution in [0.2, 0.25) is 0 Å². The largest absolute Gasteiger partial charge is 0.496 e. The molecule has 1 atom stereocenters. The first-order valence-electron chi connectivity index (χ1n) is 7.68. The Balaban J connectivity index is 2.41. The quantitative estimate of drug-likeness (QED) is 0.904. The van der Waals surface area contributed by atoms with Crippen LogP contribution in [0.4, 0.5) is 0 Å². The zero-order valence-electron chi connectivity index (χ0n) is 13.0. The fourth-order valence-electron chi connectivity index (χ4n) is 3.33. The lowest BCUT2D eigenvalue weighted by molar-refractivity contribution is -0.140. The minimum Gasteiger partial charge on any atom is -0.496 e. The van der Waals surface area contributed by atoms with Crippen LogP contribution < -0.4 is 4.74 Å². The Kier molecular flexibility index (Phi) is 5.23. The number of para-hydroxylation sites is 1. The second-order valence-corrected chi connectivity index (χ2v) is 5.95. The number of methoxy groups -OCH3 is 1. The third-order valence-corrected chi connectivity index (χ3v) is 4.49. The molecule has 0 spiro atoms. The lowest BCUT2D eigenvalue weighted by atomic mass is 9.85. The molecule has 1 aromatic rings. The van der Waals surface area contributed by atoms with Gasteiger partial charge in [-0.05, 0) is 38.9 Å². The van der Waals surface area contributed by atoms with Gasteiger partial charge < -0.3 is 9.84 Å². The Morgan fingerprint density at radius 3 is 2.43 bits per heavy atom. The van der Waals surface area contributed by atoms with Gasteiger partial charge in [0.25, 0.3) is 0 Å². The Morgan fingerprint density at radius 2 is 1.86 bits per heavy atom. The van der Waals surface area contributed by atoms with Gasteiger partial charge in [0.05, 0.1) is 19.1 Å². The predicted octanol–water partition coefficient (Wildman–Crippen LogP) is 3.26. The highest BCUT2D eigenvalue weighted by molar-refractivity contribution is 5.69. The zero-order chi connectivity index (χ0) is 15.3. The summed E-state index contributed by atoms with van der Waals surface area (Å²) in [7, 11) is 1.64. The molecule has 0 aromatic heterocycles. The third kappa shape index (κ3) is 3.56. The second-order valence-electron chi connectivity index (χ2n) is 5.95. The van der Waals surface area contributed by atoms with Crippen LogP contribution in [0.15, 0.2) is 24.3 Å². The van der Waals surface area contributed by atoms with Crippen LogP contribution in [0.1, 0.15) is 44.6 Å². The Hall–Kier alpha value is -1.55. The number of nitrogens with zero attached hydrogens (tertiary/aromatic N) is 1. The molecule has 1 aromatic carbocycles. The Morgan fingerprint density at radius 1 is 1.24 bits per heavy atom. The molecule has 0 bridgehead atoms. The van der Waals surface area contributed by atoms with E-state index in [0.29, 0.717) is 0 Å². The summed E-state index contributed by atoms with van der Waals surface area (Å²) in [6.07, 6.45) is 4.80. The van der Waals surface area contributed by atoms with Crippen LogP contribution in [-0.4, -0.2) is 36.2 Å². The average Bonchev–Trinajstić information content (AvgIpc) is 2.76. The van der Waals surface area contributed by atoms with Crippen molar-refractivity contribution in [2.75, 3.05) is 20.2 Å². The number of carboxylic acid groups (broad SMARTS) is 1. The summed E-state index contributed by atoms with van der Waals surface area (Å²) in [6.45, 7) is 3.92. The standard InChI is InChI=1S/C17H25NO3/c1-17(13-16(19)20,18-11-7-3-4-8-12-18)14-9-5-6-10-15(14)21-2/h5-6,9-10H,3-4,7-8,11-13H2,1-2H3,(H,19,20). The van der Waals surface area contributed by atoms with Gasteiger partial charge in [0.15, 0.2) is 0 Å². The number of benzene rings is 1. The minimum absolute atomic E-state index is 0.0906. The lowest BCUT2D eigenvalue weighted by Gasteiger charge is -2.41. The molecule has 1 unspecified atom stereocenters. The number of likely N-dealkylation sites (tertiary alicyclic amines) is 1. The number of carbonyl (C=O) groups is 1. The van der Waals surface area contributed by atoms with E-state index in [1.807, 2.05) is 31.2 Å². The summed E-state index contributed by atoms with van der Waals surface area (Å²) in [5.74, 6) is -0.00171. The maximum Gasteiger partial charge on any atom is 0.305 e. The van der Waals surface area contributed by atoms with Crippen LogP contribution in [0, 0.1) is 0 Å². The van der Waals surface area contributed by atoms with Gasteiger partial charge in [-0.1, -0.05) is 31.0 Å². The molecule has 1 saturated heterocycles. The minimum atomic E-state index is -0.771. The molecule has 1 fully saturated rings. The van der Waals surface area contributed by atoms with E-state index < -0.39 is 11.5 Å². The Labute approximate surface area is 126 Å². The highest BCUT2D eigenvalue weighted by atomic mass is 16.5. The average molecular weight is 291 g/mol. The molecule has 4 nitrogen and oxygen atoms in total. The van der Waals surface area contributed by atoms with Crippen molar-refractivity contribution in [1.29, 1.82) is 0 Å². The van der Waals surface area contributed by atoms with Gasteiger partial charge in [0, 0.05) is 5.56 Å². The molecule has 1 aliphatic rings. The zero-order valence-corrected chi connectivity index (χ0v) is 13.0. The summed E-state index contributed by atoms with van der Waals surface area (Å²) in [4.78, 5) is 13.8. The number of ether oxygens (including phenoxy) is 1. The van der Waals surface area contributed by atoms with Crippen molar-refractivity contribution in [2.24, 2.45) is 0 Å². The van der Waals surface area contributed by atoms with E-state index in [2.05, 4.69) is 4.90 Å². The maximum absolute atomic E-state index is 11.4. The monoisotopic (exact) mass is 291 g/mol. The van der Waals surface area contributed by atoms with Crippen LogP contribution in [-0.2, 0) is 10.3 Å². The van der Waals surface area contributed by atoms with Crippen molar-refractivity contribution >= 4 is 5.97 Å². The van der Waals surface area contributed by atoms with Gasteiger partial charge in [0.1, 0.15) is 5.75 Å². The summed E-state index contributed by atoms with van der Waals surface area (Å²) in [5, 5.41) is 9.41. The highest BCUT2D eigenvalue weighted by Crippen LogP contribution is 2.38. The molecule has 116 valence electrons. The van der Waals surface area contributed by atoms with E-state index in [0.717, 1.165) is 37.2 Å². The summed E-state index contributed by atoms with van der Waals surface area (Å²) in [6, 6.07) is 7.78. The van der Waals surface area contributed by atoms with Gasteiger partial charge in [-0.2, -0.15) is 0 Å².